The maximum absolute atomic E-state index is 12.0. The number of amides is 2. The summed E-state index contributed by atoms with van der Waals surface area (Å²) < 4.78 is 10.3. The first-order chi connectivity index (χ1) is 12.4. The third kappa shape index (κ3) is 5.58. The van der Waals surface area contributed by atoms with Gasteiger partial charge in [-0.05, 0) is 24.6 Å². The maximum atomic E-state index is 12.0. The number of aromatic nitrogens is 2. The van der Waals surface area contributed by atoms with Crippen molar-refractivity contribution in [3.05, 3.63) is 35.5 Å². The van der Waals surface area contributed by atoms with Crippen LogP contribution in [0.5, 0.6) is 5.75 Å². The molecule has 140 valence electrons. The van der Waals surface area contributed by atoms with Gasteiger partial charge in [-0.1, -0.05) is 25.1 Å². The second kappa shape index (κ2) is 8.98. The van der Waals surface area contributed by atoms with E-state index in [4.69, 9.17) is 9.26 Å². The first-order valence-electron chi connectivity index (χ1n) is 8.42. The number of nitrogens with zero attached hydrogens (tertiary/aromatic N) is 2. The molecule has 1 heterocycles. The standard InChI is InChI=1S/C18H24N4O4/c1-11(2)18-21-17(26-22-18)8-7-15(23)19-10-16(24)20-13-9-12(3)5-6-14(13)25-4/h5-6,9,11H,7-8,10H2,1-4H3,(H,19,23)(H,20,24). The molecule has 2 amide bonds. The molecule has 8 heteroatoms. The third-order valence-corrected chi connectivity index (χ3v) is 3.64. The summed E-state index contributed by atoms with van der Waals surface area (Å²) >= 11 is 0. The predicted molar refractivity (Wildman–Crippen MR) is 96.1 cm³/mol. The maximum Gasteiger partial charge on any atom is 0.243 e. The summed E-state index contributed by atoms with van der Waals surface area (Å²) in [5.41, 5.74) is 1.56. The van der Waals surface area contributed by atoms with Crippen molar-refractivity contribution in [2.24, 2.45) is 0 Å². The smallest absolute Gasteiger partial charge is 0.243 e. The van der Waals surface area contributed by atoms with Crippen molar-refractivity contribution in [1.82, 2.24) is 15.5 Å². The SMILES string of the molecule is COc1ccc(C)cc1NC(=O)CNC(=O)CCc1nc(C(C)C)no1. The number of benzene rings is 1. The van der Waals surface area contributed by atoms with E-state index in [2.05, 4.69) is 20.8 Å². The van der Waals surface area contributed by atoms with E-state index in [0.717, 1.165) is 5.56 Å². The summed E-state index contributed by atoms with van der Waals surface area (Å²) in [6.07, 6.45) is 0.500. The van der Waals surface area contributed by atoms with E-state index < -0.39 is 0 Å². The number of rotatable bonds is 8. The van der Waals surface area contributed by atoms with Crippen molar-refractivity contribution in [2.45, 2.75) is 39.5 Å². The Morgan fingerprint density at radius 2 is 2.04 bits per heavy atom. The fourth-order valence-corrected chi connectivity index (χ4v) is 2.21. The van der Waals surface area contributed by atoms with E-state index in [1.807, 2.05) is 26.8 Å². The van der Waals surface area contributed by atoms with Gasteiger partial charge in [-0.2, -0.15) is 4.98 Å². The van der Waals surface area contributed by atoms with Gasteiger partial charge in [0.1, 0.15) is 5.75 Å². The molecule has 0 fully saturated rings. The summed E-state index contributed by atoms with van der Waals surface area (Å²) in [6.45, 7) is 5.71. The molecule has 0 spiro atoms. The molecule has 0 aliphatic rings. The quantitative estimate of drug-likeness (QED) is 0.747. The van der Waals surface area contributed by atoms with E-state index in [1.54, 1.807) is 12.1 Å². The van der Waals surface area contributed by atoms with Crippen molar-refractivity contribution in [3.63, 3.8) is 0 Å². The number of carbonyl (C=O) groups is 2. The number of anilines is 1. The Bertz CT molecular complexity index is 770. The molecule has 2 aromatic rings. The number of methoxy groups -OCH3 is 1. The third-order valence-electron chi connectivity index (χ3n) is 3.64. The van der Waals surface area contributed by atoms with E-state index in [9.17, 15) is 9.59 Å². The van der Waals surface area contributed by atoms with Crippen LogP contribution in [0.4, 0.5) is 5.69 Å². The Labute approximate surface area is 152 Å². The topological polar surface area (TPSA) is 106 Å². The lowest BCUT2D eigenvalue weighted by molar-refractivity contribution is -0.124. The molecule has 26 heavy (non-hydrogen) atoms. The number of hydrogen-bond acceptors (Lipinski definition) is 6. The minimum Gasteiger partial charge on any atom is -0.495 e. The van der Waals surface area contributed by atoms with Crippen LogP contribution in [0.25, 0.3) is 0 Å². The molecule has 0 bridgehead atoms. The lowest BCUT2D eigenvalue weighted by Gasteiger charge is -2.11. The van der Waals surface area contributed by atoms with Crippen LogP contribution in [0, 0.1) is 6.92 Å². The highest BCUT2D eigenvalue weighted by molar-refractivity contribution is 5.95. The monoisotopic (exact) mass is 360 g/mol. The van der Waals surface area contributed by atoms with Gasteiger partial charge in [-0.3, -0.25) is 9.59 Å². The minimum absolute atomic E-state index is 0.128. The molecular weight excluding hydrogens is 336 g/mol. The Kier molecular flexibility index (Phi) is 6.71. The molecule has 8 nitrogen and oxygen atoms in total. The molecule has 1 aromatic carbocycles. The number of aryl methyl sites for hydroxylation is 2. The Morgan fingerprint density at radius 3 is 2.69 bits per heavy atom. The van der Waals surface area contributed by atoms with Crippen LogP contribution >= 0.6 is 0 Å². The number of ether oxygens (including phenoxy) is 1. The summed E-state index contributed by atoms with van der Waals surface area (Å²) in [5, 5.41) is 9.14. The molecule has 1 aromatic heterocycles. The Morgan fingerprint density at radius 1 is 1.27 bits per heavy atom. The second-order valence-corrected chi connectivity index (χ2v) is 6.23. The van der Waals surface area contributed by atoms with E-state index >= 15 is 0 Å². The van der Waals surface area contributed by atoms with Crippen molar-refractivity contribution >= 4 is 17.5 Å². The van der Waals surface area contributed by atoms with Crippen LogP contribution in [0.3, 0.4) is 0 Å². The lowest BCUT2D eigenvalue weighted by atomic mass is 10.2. The van der Waals surface area contributed by atoms with Gasteiger partial charge in [-0.25, -0.2) is 0 Å². The van der Waals surface area contributed by atoms with Crippen molar-refractivity contribution in [3.8, 4) is 5.75 Å². The van der Waals surface area contributed by atoms with Gasteiger partial charge >= 0.3 is 0 Å². The summed E-state index contributed by atoms with van der Waals surface area (Å²) in [7, 11) is 1.53. The molecule has 0 aliphatic carbocycles. The zero-order valence-corrected chi connectivity index (χ0v) is 15.5. The Hall–Kier alpha value is -2.90. The van der Waals surface area contributed by atoms with Gasteiger partial charge in [0.25, 0.3) is 0 Å². The number of carbonyl (C=O) groups excluding carboxylic acids is 2. The lowest BCUT2D eigenvalue weighted by Crippen LogP contribution is -2.33. The molecular formula is C18H24N4O4. The average molecular weight is 360 g/mol. The van der Waals surface area contributed by atoms with Crippen molar-refractivity contribution in [2.75, 3.05) is 19.0 Å². The molecule has 0 saturated carbocycles. The first kappa shape index (κ1) is 19.4. The van der Waals surface area contributed by atoms with Gasteiger partial charge in [0, 0.05) is 18.8 Å². The molecule has 2 N–H and O–H groups in total. The van der Waals surface area contributed by atoms with Crippen LogP contribution in [0.1, 0.15) is 43.5 Å². The highest BCUT2D eigenvalue weighted by atomic mass is 16.5. The number of nitrogens with one attached hydrogen (secondary N) is 2. The second-order valence-electron chi connectivity index (χ2n) is 6.23. The van der Waals surface area contributed by atoms with Gasteiger partial charge in [0.15, 0.2) is 5.82 Å². The van der Waals surface area contributed by atoms with Gasteiger partial charge < -0.3 is 19.9 Å². The van der Waals surface area contributed by atoms with Crippen LogP contribution < -0.4 is 15.4 Å². The highest BCUT2D eigenvalue weighted by Crippen LogP contribution is 2.24. The summed E-state index contributed by atoms with van der Waals surface area (Å²) in [5.74, 6) is 1.17. The molecule has 0 saturated heterocycles. The highest BCUT2D eigenvalue weighted by Gasteiger charge is 2.13. The Balaban J connectivity index is 1.78. The predicted octanol–water partition coefficient (Wildman–Crippen LogP) is 2.20. The van der Waals surface area contributed by atoms with E-state index in [1.165, 1.54) is 7.11 Å². The minimum atomic E-state index is -0.331. The summed E-state index contributed by atoms with van der Waals surface area (Å²) in [4.78, 5) is 28.1. The normalized spacial score (nSPS) is 10.7. The van der Waals surface area contributed by atoms with Gasteiger partial charge in [0.2, 0.25) is 17.7 Å². The van der Waals surface area contributed by atoms with Crippen LogP contribution in [-0.4, -0.2) is 35.6 Å². The molecule has 0 radical (unpaired) electrons. The fourth-order valence-electron chi connectivity index (χ4n) is 2.21. The molecule has 0 aliphatic heterocycles. The van der Waals surface area contributed by atoms with Crippen molar-refractivity contribution < 1.29 is 18.8 Å². The fraction of sp³-hybridized carbons (Fsp3) is 0.444. The molecule has 0 atom stereocenters. The number of hydrogen-bond donors (Lipinski definition) is 2. The molecule has 0 unspecified atom stereocenters. The van der Waals surface area contributed by atoms with Gasteiger partial charge in [-0.15, -0.1) is 0 Å². The van der Waals surface area contributed by atoms with Crippen LogP contribution in [0.2, 0.25) is 0 Å². The first-order valence-corrected chi connectivity index (χ1v) is 8.42. The van der Waals surface area contributed by atoms with Crippen molar-refractivity contribution in [1.29, 1.82) is 0 Å². The zero-order valence-electron chi connectivity index (χ0n) is 15.5. The average Bonchev–Trinajstić information content (AvgIpc) is 3.08. The largest absolute Gasteiger partial charge is 0.495 e. The van der Waals surface area contributed by atoms with E-state index in [0.29, 0.717) is 29.6 Å². The van der Waals surface area contributed by atoms with Gasteiger partial charge in [0.05, 0.1) is 19.3 Å². The molecule has 2 rings (SSSR count). The van der Waals surface area contributed by atoms with E-state index in [-0.39, 0.29) is 30.7 Å². The van der Waals surface area contributed by atoms with Crippen LogP contribution in [-0.2, 0) is 16.0 Å². The van der Waals surface area contributed by atoms with Crippen LogP contribution in [0.15, 0.2) is 22.7 Å². The zero-order chi connectivity index (χ0) is 19.1. The summed E-state index contributed by atoms with van der Waals surface area (Å²) in [6, 6.07) is 5.47.